The number of hydrogen-bond acceptors (Lipinski definition) is 9. The highest BCUT2D eigenvalue weighted by molar-refractivity contribution is 8.18. The van der Waals surface area contributed by atoms with Gasteiger partial charge in [-0.25, -0.2) is 12.7 Å². The molecule has 0 aliphatic carbocycles. The first-order chi connectivity index (χ1) is 18.6. The second-order valence-electron chi connectivity index (χ2n) is 9.36. The van der Waals surface area contributed by atoms with Crippen molar-refractivity contribution in [2.24, 2.45) is 0 Å². The number of rotatable bonds is 8. The van der Waals surface area contributed by atoms with Crippen LogP contribution in [0.4, 0.5) is 10.5 Å². The lowest BCUT2D eigenvalue weighted by molar-refractivity contribution is -0.122. The lowest BCUT2D eigenvalue weighted by Gasteiger charge is -2.22. The number of nitrogens with zero attached hydrogens (tertiary/aromatic N) is 3. The number of carbonyl (C=O) groups excluding carboxylic acids is 3. The second-order valence-corrected chi connectivity index (χ2v) is 12.5. The molecular formula is C26H28N4O7S2. The molecule has 1 N–H and O–H groups in total. The van der Waals surface area contributed by atoms with Gasteiger partial charge in [-0.1, -0.05) is 6.07 Å². The van der Waals surface area contributed by atoms with Crippen LogP contribution in [0.25, 0.3) is 6.08 Å². The number of amides is 3. The molecule has 0 aromatic heterocycles. The van der Waals surface area contributed by atoms with Crippen LogP contribution in [0.2, 0.25) is 0 Å². The second kappa shape index (κ2) is 10.9. The molecule has 13 heteroatoms. The Morgan fingerprint density at radius 2 is 1.82 bits per heavy atom. The number of anilines is 1. The molecule has 3 aliphatic heterocycles. The monoisotopic (exact) mass is 572 g/mol. The van der Waals surface area contributed by atoms with Crippen LogP contribution in [0.15, 0.2) is 46.2 Å². The molecule has 0 atom stereocenters. The van der Waals surface area contributed by atoms with Gasteiger partial charge in [0, 0.05) is 46.0 Å². The van der Waals surface area contributed by atoms with Crippen molar-refractivity contribution in [3.05, 3.63) is 52.4 Å². The normalized spacial score (nSPS) is 18.1. The molecule has 3 aliphatic rings. The quantitative estimate of drug-likeness (QED) is 0.475. The highest BCUT2D eigenvalue weighted by Crippen LogP contribution is 2.36. The molecule has 3 amide bonds. The maximum Gasteiger partial charge on any atom is 0.293 e. The number of carbonyl (C=O) groups is 3. The van der Waals surface area contributed by atoms with Crippen LogP contribution in [0.5, 0.6) is 11.5 Å². The fourth-order valence-corrected chi connectivity index (χ4v) is 6.32. The van der Waals surface area contributed by atoms with Gasteiger partial charge in [0.1, 0.15) is 0 Å². The van der Waals surface area contributed by atoms with Crippen LogP contribution in [0, 0.1) is 0 Å². The summed E-state index contributed by atoms with van der Waals surface area (Å²) in [5, 5.41) is 2.32. The van der Waals surface area contributed by atoms with Gasteiger partial charge in [-0.2, -0.15) is 0 Å². The maximum absolute atomic E-state index is 13.2. The first-order valence-electron chi connectivity index (χ1n) is 12.4. The zero-order valence-corrected chi connectivity index (χ0v) is 23.1. The molecular weight excluding hydrogens is 544 g/mol. The Morgan fingerprint density at radius 3 is 2.56 bits per heavy atom. The molecule has 39 heavy (non-hydrogen) atoms. The van der Waals surface area contributed by atoms with Crippen molar-refractivity contribution in [1.29, 1.82) is 0 Å². The summed E-state index contributed by atoms with van der Waals surface area (Å²) < 4.78 is 37.1. The summed E-state index contributed by atoms with van der Waals surface area (Å²) in [4.78, 5) is 42.1. The maximum atomic E-state index is 13.2. The summed E-state index contributed by atoms with van der Waals surface area (Å²) in [7, 11) is -0.881. The first kappa shape index (κ1) is 27.0. The van der Waals surface area contributed by atoms with Gasteiger partial charge in [0.2, 0.25) is 16.8 Å². The van der Waals surface area contributed by atoms with Crippen LogP contribution in [0.1, 0.15) is 28.8 Å². The number of imide groups is 1. The van der Waals surface area contributed by atoms with Crippen molar-refractivity contribution in [2.45, 2.75) is 17.7 Å². The van der Waals surface area contributed by atoms with Crippen molar-refractivity contribution < 1.29 is 32.3 Å². The number of benzene rings is 2. The van der Waals surface area contributed by atoms with E-state index in [-0.39, 0.29) is 35.2 Å². The van der Waals surface area contributed by atoms with Crippen LogP contribution in [0.3, 0.4) is 0 Å². The molecule has 0 bridgehead atoms. The van der Waals surface area contributed by atoms with Gasteiger partial charge in [-0.15, -0.1) is 0 Å². The summed E-state index contributed by atoms with van der Waals surface area (Å²) in [6, 6.07) is 9.79. The molecule has 11 nitrogen and oxygen atoms in total. The third-order valence-electron chi connectivity index (χ3n) is 6.63. The first-order valence-corrected chi connectivity index (χ1v) is 14.7. The minimum absolute atomic E-state index is 0.0122. The van der Waals surface area contributed by atoms with E-state index in [1.165, 1.54) is 26.2 Å². The van der Waals surface area contributed by atoms with Crippen LogP contribution in [-0.4, -0.2) is 81.7 Å². The van der Waals surface area contributed by atoms with Crippen molar-refractivity contribution >= 4 is 50.6 Å². The lowest BCUT2D eigenvalue weighted by atomic mass is 10.1. The van der Waals surface area contributed by atoms with Gasteiger partial charge in [-0.3, -0.25) is 19.3 Å². The van der Waals surface area contributed by atoms with Gasteiger partial charge < -0.3 is 19.7 Å². The Labute approximate surface area is 230 Å². The van der Waals surface area contributed by atoms with E-state index in [1.54, 1.807) is 30.3 Å². The summed E-state index contributed by atoms with van der Waals surface area (Å²) in [6.45, 7) is 1.66. The predicted octanol–water partition coefficient (Wildman–Crippen LogP) is 2.73. The fraction of sp³-hybridized carbons (Fsp3) is 0.346. The molecule has 0 spiro atoms. The highest BCUT2D eigenvalue weighted by Gasteiger charge is 2.35. The SMILES string of the molecule is CN(C)S(=O)(=O)c1ccc(N2CCCC2)c(C(=O)NCCN2C(=O)S/C(=C/c3ccc4c(c3)OCO4)C2=O)c1. The molecule has 3 heterocycles. The largest absolute Gasteiger partial charge is 0.454 e. The Hall–Kier alpha value is -3.55. The molecule has 206 valence electrons. The Kier molecular flexibility index (Phi) is 7.56. The number of ether oxygens (including phenoxy) is 2. The predicted molar refractivity (Wildman–Crippen MR) is 146 cm³/mol. The van der Waals surface area contributed by atoms with Gasteiger partial charge in [-0.05, 0) is 66.6 Å². The topological polar surface area (TPSA) is 126 Å². The Bertz CT molecular complexity index is 1470. The summed E-state index contributed by atoms with van der Waals surface area (Å²) in [6.07, 6.45) is 3.58. The minimum atomic E-state index is -3.74. The van der Waals surface area contributed by atoms with Gasteiger partial charge in [0.15, 0.2) is 11.5 Å². The molecule has 2 aromatic rings. The zero-order valence-electron chi connectivity index (χ0n) is 21.5. The molecule has 5 rings (SSSR count). The van der Waals surface area contributed by atoms with Gasteiger partial charge in [0.05, 0.1) is 15.4 Å². The van der Waals surface area contributed by atoms with Crippen LogP contribution in [-0.2, 0) is 14.8 Å². The van der Waals surface area contributed by atoms with Gasteiger partial charge >= 0.3 is 0 Å². The van der Waals surface area contributed by atoms with Gasteiger partial charge in [0.25, 0.3) is 17.1 Å². The van der Waals surface area contributed by atoms with E-state index in [0.29, 0.717) is 22.7 Å². The summed E-state index contributed by atoms with van der Waals surface area (Å²) in [5.74, 6) is 0.263. The van der Waals surface area contributed by atoms with E-state index >= 15 is 0 Å². The number of thioether (sulfide) groups is 1. The van der Waals surface area contributed by atoms with Crippen molar-refractivity contribution in [3.8, 4) is 11.5 Å². The summed E-state index contributed by atoms with van der Waals surface area (Å²) >= 11 is 0.828. The highest BCUT2D eigenvalue weighted by atomic mass is 32.2. The standard InChI is InChI=1S/C26H28N4O7S2/c1-28(2)39(34,35)18-6-7-20(29-10-3-4-11-29)19(15-18)24(31)27-9-12-30-25(32)23(38-26(30)33)14-17-5-8-21-22(13-17)37-16-36-21/h5-8,13-15H,3-4,9-12,16H2,1-2H3,(H,27,31)/b23-14+. The average molecular weight is 573 g/mol. The third kappa shape index (κ3) is 5.47. The average Bonchev–Trinajstić information content (AvgIpc) is 3.66. The number of nitrogens with one attached hydrogen (secondary N) is 1. The number of sulfonamides is 1. The van der Waals surface area contributed by atoms with Crippen molar-refractivity contribution in [2.75, 3.05) is 52.0 Å². The Morgan fingerprint density at radius 1 is 1.08 bits per heavy atom. The van der Waals surface area contributed by atoms with Crippen molar-refractivity contribution in [1.82, 2.24) is 14.5 Å². The lowest BCUT2D eigenvalue weighted by Crippen LogP contribution is -2.37. The van der Waals surface area contributed by atoms with Crippen molar-refractivity contribution in [3.63, 3.8) is 0 Å². The molecule has 0 radical (unpaired) electrons. The van der Waals surface area contributed by atoms with E-state index in [2.05, 4.69) is 10.2 Å². The van der Waals surface area contributed by atoms with E-state index in [0.717, 1.165) is 46.9 Å². The van der Waals surface area contributed by atoms with E-state index in [4.69, 9.17) is 9.47 Å². The Balaban J connectivity index is 1.28. The number of fused-ring (bicyclic) bond motifs is 1. The summed E-state index contributed by atoms with van der Waals surface area (Å²) in [5.41, 5.74) is 1.58. The minimum Gasteiger partial charge on any atom is -0.454 e. The van der Waals surface area contributed by atoms with Crippen LogP contribution >= 0.6 is 11.8 Å². The molecule has 2 saturated heterocycles. The van der Waals surface area contributed by atoms with E-state index < -0.39 is 27.1 Å². The molecule has 0 unspecified atom stereocenters. The molecule has 0 saturated carbocycles. The third-order valence-corrected chi connectivity index (χ3v) is 9.35. The smallest absolute Gasteiger partial charge is 0.293 e. The number of hydrogen-bond donors (Lipinski definition) is 1. The molecule has 2 fully saturated rings. The zero-order chi connectivity index (χ0) is 27.7. The van der Waals surface area contributed by atoms with E-state index in [9.17, 15) is 22.8 Å². The van der Waals surface area contributed by atoms with Crippen LogP contribution < -0.4 is 19.7 Å². The van der Waals surface area contributed by atoms with E-state index in [1.807, 2.05) is 0 Å². The molecule has 2 aromatic carbocycles. The fourth-order valence-electron chi connectivity index (χ4n) is 4.53.